The number of hydrogen-bond donors (Lipinski definition) is 0. The Morgan fingerprint density at radius 1 is 1.17 bits per heavy atom. The van der Waals surface area contributed by atoms with Gasteiger partial charge in [-0.3, -0.25) is 4.79 Å². The number of para-hydroxylation sites is 1. The summed E-state index contributed by atoms with van der Waals surface area (Å²) >= 11 is 0. The normalized spacial score (nSPS) is 20.5. The third kappa shape index (κ3) is 1.75. The maximum absolute atomic E-state index is 12.7. The fourth-order valence-corrected chi connectivity index (χ4v) is 2.96. The average molecular weight is 246 g/mol. The molecule has 0 heterocycles. The summed E-state index contributed by atoms with van der Waals surface area (Å²) in [6.45, 7) is 11.2. The lowest BCUT2D eigenvalue weighted by atomic mass is 10.0. The van der Waals surface area contributed by atoms with Gasteiger partial charge in [-0.2, -0.15) is 0 Å². The van der Waals surface area contributed by atoms with Gasteiger partial charge in [0.15, 0.2) is 5.78 Å². The Morgan fingerprint density at radius 2 is 1.72 bits per heavy atom. The number of benzene rings is 1. The first-order chi connectivity index (χ1) is 8.34. The summed E-state index contributed by atoms with van der Waals surface area (Å²) in [4.78, 5) is 12.7. The quantitative estimate of drug-likeness (QED) is 0.752. The molecule has 2 heteroatoms. The summed E-state index contributed by atoms with van der Waals surface area (Å²) in [6.07, 6.45) is 0. The molecule has 1 aliphatic carbocycles. The smallest absolute Gasteiger partial charge is 0.170 e. The van der Waals surface area contributed by atoms with Crippen molar-refractivity contribution in [2.75, 3.05) is 6.61 Å². The minimum atomic E-state index is 0.0728. The number of rotatable bonds is 4. The summed E-state index contributed by atoms with van der Waals surface area (Å²) in [5, 5.41) is 0. The van der Waals surface area contributed by atoms with E-state index in [1.54, 1.807) is 0 Å². The minimum Gasteiger partial charge on any atom is -0.493 e. The number of ketones is 1. The molecule has 18 heavy (non-hydrogen) atoms. The molecule has 0 bridgehead atoms. The minimum absolute atomic E-state index is 0.0728. The largest absolute Gasteiger partial charge is 0.493 e. The van der Waals surface area contributed by atoms with E-state index < -0.39 is 0 Å². The molecule has 0 aromatic heterocycles. The Balaban J connectivity index is 2.31. The average Bonchev–Trinajstić information content (AvgIpc) is 2.70. The van der Waals surface area contributed by atoms with Crippen molar-refractivity contribution in [1.29, 1.82) is 0 Å². The Morgan fingerprint density at radius 3 is 2.22 bits per heavy atom. The fraction of sp³-hybridized carbons (Fsp3) is 0.562. The maximum atomic E-state index is 12.7. The van der Waals surface area contributed by atoms with Gasteiger partial charge >= 0.3 is 0 Å². The van der Waals surface area contributed by atoms with Gasteiger partial charge in [-0.1, -0.05) is 39.8 Å². The lowest BCUT2D eigenvalue weighted by molar-refractivity contribution is 0.0941. The van der Waals surface area contributed by atoms with Crippen LogP contribution in [0.1, 0.15) is 45.0 Å². The van der Waals surface area contributed by atoms with E-state index >= 15 is 0 Å². The van der Waals surface area contributed by atoms with Crippen LogP contribution in [-0.2, 0) is 0 Å². The van der Waals surface area contributed by atoms with Gasteiger partial charge in [0.05, 0.1) is 12.2 Å². The number of carbonyl (C=O) groups excluding carboxylic acids is 1. The lowest BCUT2D eigenvalue weighted by Crippen LogP contribution is -2.10. The van der Waals surface area contributed by atoms with Gasteiger partial charge in [-0.15, -0.1) is 0 Å². The van der Waals surface area contributed by atoms with Crippen LogP contribution in [0.2, 0.25) is 0 Å². The first-order valence-corrected chi connectivity index (χ1v) is 6.60. The van der Waals surface area contributed by atoms with Crippen LogP contribution in [0.15, 0.2) is 24.3 Å². The van der Waals surface area contributed by atoms with Crippen molar-refractivity contribution >= 4 is 5.78 Å². The molecular formula is C16H22O2. The van der Waals surface area contributed by atoms with Gasteiger partial charge in [0.2, 0.25) is 0 Å². The number of carbonyl (C=O) groups is 1. The Hall–Kier alpha value is -1.31. The molecule has 0 spiro atoms. The monoisotopic (exact) mass is 246 g/mol. The molecule has 1 saturated carbocycles. The van der Waals surface area contributed by atoms with E-state index in [4.69, 9.17) is 4.74 Å². The van der Waals surface area contributed by atoms with Crippen LogP contribution >= 0.6 is 0 Å². The number of hydrogen-bond acceptors (Lipinski definition) is 2. The van der Waals surface area contributed by atoms with Crippen LogP contribution in [0.5, 0.6) is 5.75 Å². The first-order valence-electron chi connectivity index (χ1n) is 6.60. The van der Waals surface area contributed by atoms with Crippen LogP contribution in [0.4, 0.5) is 0 Å². The van der Waals surface area contributed by atoms with Crippen molar-refractivity contribution < 1.29 is 9.53 Å². The molecular weight excluding hydrogens is 224 g/mol. The highest BCUT2D eigenvalue weighted by Crippen LogP contribution is 2.69. The molecule has 2 nitrogen and oxygen atoms in total. The summed E-state index contributed by atoms with van der Waals surface area (Å²) in [7, 11) is 0. The van der Waals surface area contributed by atoms with Gasteiger partial charge in [0.1, 0.15) is 5.75 Å². The predicted octanol–water partition coefficient (Wildman–Crippen LogP) is 3.95. The van der Waals surface area contributed by atoms with Crippen molar-refractivity contribution in [3.8, 4) is 5.75 Å². The summed E-state index contributed by atoms with van der Waals surface area (Å²) < 4.78 is 5.55. The molecule has 0 saturated heterocycles. The van der Waals surface area contributed by atoms with Crippen molar-refractivity contribution in [2.24, 2.45) is 16.7 Å². The molecule has 0 aliphatic heterocycles. The highest BCUT2D eigenvalue weighted by atomic mass is 16.5. The van der Waals surface area contributed by atoms with Crippen LogP contribution < -0.4 is 4.74 Å². The second-order valence-electron chi connectivity index (χ2n) is 6.17. The lowest BCUT2D eigenvalue weighted by Gasteiger charge is -2.09. The first kappa shape index (κ1) is 13.1. The van der Waals surface area contributed by atoms with E-state index in [9.17, 15) is 4.79 Å². The van der Waals surface area contributed by atoms with Crippen molar-refractivity contribution in [1.82, 2.24) is 0 Å². The van der Waals surface area contributed by atoms with E-state index in [0.717, 1.165) is 5.56 Å². The second kappa shape index (κ2) is 4.11. The van der Waals surface area contributed by atoms with Gasteiger partial charge < -0.3 is 4.74 Å². The molecule has 0 atom stereocenters. The zero-order valence-electron chi connectivity index (χ0n) is 11.9. The highest BCUT2D eigenvalue weighted by molar-refractivity contribution is 6.03. The van der Waals surface area contributed by atoms with Crippen LogP contribution in [0.25, 0.3) is 0 Å². The molecule has 0 amide bonds. The van der Waals surface area contributed by atoms with E-state index in [1.807, 2.05) is 31.2 Å². The van der Waals surface area contributed by atoms with Crippen LogP contribution in [0.3, 0.4) is 0 Å². The van der Waals surface area contributed by atoms with E-state index in [-0.39, 0.29) is 22.5 Å². The number of ether oxygens (including phenoxy) is 1. The Kier molecular flexibility index (Phi) is 3.00. The van der Waals surface area contributed by atoms with Crippen molar-refractivity contribution in [3.05, 3.63) is 29.8 Å². The zero-order valence-corrected chi connectivity index (χ0v) is 11.9. The second-order valence-corrected chi connectivity index (χ2v) is 6.17. The highest BCUT2D eigenvalue weighted by Gasteiger charge is 2.68. The Bertz CT molecular complexity index is 458. The SMILES string of the molecule is CCOc1ccccc1C(=O)C1C(C)(C)C1(C)C. The maximum Gasteiger partial charge on any atom is 0.170 e. The molecule has 1 aromatic carbocycles. The van der Waals surface area contributed by atoms with Gasteiger partial charge in [0, 0.05) is 5.92 Å². The Labute approximate surface area is 109 Å². The molecule has 1 fully saturated rings. The third-order valence-electron chi connectivity index (χ3n) is 4.74. The molecule has 1 aliphatic rings. The van der Waals surface area contributed by atoms with E-state index in [1.165, 1.54) is 0 Å². The standard InChI is InChI=1S/C16H22O2/c1-6-18-12-10-8-7-9-11(12)13(17)14-15(2,3)16(14,4)5/h7-10,14H,6H2,1-5H3. The molecule has 2 rings (SSSR count). The van der Waals surface area contributed by atoms with Crippen LogP contribution in [-0.4, -0.2) is 12.4 Å². The van der Waals surface area contributed by atoms with Crippen LogP contribution in [0, 0.1) is 16.7 Å². The predicted molar refractivity (Wildman–Crippen MR) is 73.0 cm³/mol. The molecule has 0 radical (unpaired) electrons. The third-order valence-corrected chi connectivity index (χ3v) is 4.74. The van der Waals surface area contributed by atoms with E-state index in [0.29, 0.717) is 12.4 Å². The van der Waals surface area contributed by atoms with E-state index in [2.05, 4.69) is 27.7 Å². The molecule has 98 valence electrons. The number of Topliss-reactive ketones (excluding diaryl/α,β-unsaturated/α-hetero) is 1. The summed E-state index contributed by atoms with van der Waals surface area (Å²) in [5.41, 5.74) is 0.871. The topological polar surface area (TPSA) is 26.3 Å². The molecule has 1 aromatic rings. The van der Waals surface area contributed by atoms with Crippen molar-refractivity contribution in [2.45, 2.75) is 34.6 Å². The molecule has 0 N–H and O–H groups in total. The van der Waals surface area contributed by atoms with Crippen molar-refractivity contribution in [3.63, 3.8) is 0 Å². The van der Waals surface area contributed by atoms with Gasteiger partial charge in [-0.05, 0) is 29.9 Å². The fourth-order valence-electron chi connectivity index (χ4n) is 2.96. The molecule has 0 unspecified atom stereocenters. The summed E-state index contributed by atoms with van der Waals surface area (Å²) in [6, 6.07) is 7.56. The van der Waals surface area contributed by atoms with Gasteiger partial charge in [-0.25, -0.2) is 0 Å². The van der Waals surface area contributed by atoms with Gasteiger partial charge in [0.25, 0.3) is 0 Å². The zero-order chi connectivity index (χ0) is 13.6. The summed E-state index contributed by atoms with van der Waals surface area (Å²) in [5.74, 6) is 1.02.